The SMILES string of the molecule is C=CCN=CNP(=S)(OC)SC(C)C. The molecule has 0 aromatic carbocycles. The Bertz CT molecular complexity index is 243. The average Bonchev–Trinajstić information content (AvgIpc) is 2.11. The van der Waals surface area contributed by atoms with Gasteiger partial charge in [-0.05, 0) is 11.8 Å². The number of nitrogens with zero attached hydrogens (tertiary/aromatic N) is 1. The van der Waals surface area contributed by atoms with Crippen LogP contribution in [0.15, 0.2) is 17.6 Å². The van der Waals surface area contributed by atoms with Gasteiger partial charge in [-0.3, -0.25) is 4.99 Å². The van der Waals surface area contributed by atoms with Crippen LogP contribution in [-0.2, 0) is 16.3 Å². The van der Waals surface area contributed by atoms with Crippen LogP contribution >= 0.6 is 17.0 Å². The normalized spacial score (nSPS) is 15.7. The second-order valence-electron chi connectivity index (χ2n) is 2.75. The lowest BCUT2D eigenvalue weighted by Gasteiger charge is -2.20. The van der Waals surface area contributed by atoms with Crippen LogP contribution in [0.1, 0.15) is 13.8 Å². The lowest BCUT2D eigenvalue weighted by molar-refractivity contribution is 0.467. The molecule has 0 aromatic heterocycles. The Kier molecular flexibility index (Phi) is 7.55. The molecule has 1 atom stereocenters. The Morgan fingerprint density at radius 2 is 2.36 bits per heavy atom. The van der Waals surface area contributed by atoms with Gasteiger partial charge < -0.3 is 9.61 Å². The first kappa shape index (κ1) is 14.2. The van der Waals surface area contributed by atoms with Crippen molar-refractivity contribution in [2.24, 2.45) is 4.99 Å². The van der Waals surface area contributed by atoms with E-state index in [9.17, 15) is 0 Å². The third kappa shape index (κ3) is 6.60. The van der Waals surface area contributed by atoms with Crippen LogP contribution in [0.2, 0.25) is 0 Å². The number of aliphatic imine (C=N–C) groups is 1. The van der Waals surface area contributed by atoms with E-state index in [1.165, 1.54) is 0 Å². The van der Waals surface area contributed by atoms with Crippen molar-refractivity contribution < 1.29 is 4.52 Å². The number of rotatable bonds is 7. The molecule has 14 heavy (non-hydrogen) atoms. The minimum Gasteiger partial charge on any atom is -0.330 e. The van der Waals surface area contributed by atoms with Gasteiger partial charge in [0.15, 0.2) is 0 Å². The van der Waals surface area contributed by atoms with E-state index in [4.69, 9.17) is 16.3 Å². The summed E-state index contributed by atoms with van der Waals surface area (Å²) in [5.74, 6) is 0. The fourth-order valence-corrected chi connectivity index (χ4v) is 5.61. The molecule has 0 saturated heterocycles. The second kappa shape index (κ2) is 7.46. The average molecular weight is 252 g/mol. The highest BCUT2D eigenvalue weighted by molar-refractivity contribution is 8.69. The summed E-state index contributed by atoms with van der Waals surface area (Å²) in [5, 5.41) is 3.48. The minimum absolute atomic E-state index is 0.445. The molecule has 0 bridgehead atoms. The van der Waals surface area contributed by atoms with Gasteiger partial charge in [-0.2, -0.15) is 0 Å². The topological polar surface area (TPSA) is 33.6 Å². The Morgan fingerprint density at radius 3 is 2.79 bits per heavy atom. The third-order valence-electron chi connectivity index (χ3n) is 1.13. The van der Waals surface area contributed by atoms with Gasteiger partial charge in [0.05, 0.1) is 12.9 Å². The molecule has 0 spiro atoms. The maximum absolute atomic E-state index is 5.35. The molecule has 0 saturated carbocycles. The first-order chi connectivity index (χ1) is 6.54. The van der Waals surface area contributed by atoms with Gasteiger partial charge in [-0.1, -0.05) is 31.3 Å². The summed E-state index contributed by atoms with van der Waals surface area (Å²) < 4.78 is 5.29. The van der Waals surface area contributed by atoms with Gasteiger partial charge in [0.25, 0.3) is 0 Å². The lowest BCUT2D eigenvalue weighted by Crippen LogP contribution is -2.08. The van der Waals surface area contributed by atoms with Crippen molar-refractivity contribution in [1.29, 1.82) is 0 Å². The molecule has 0 radical (unpaired) electrons. The smallest absolute Gasteiger partial charge is 0.211 e. The summed E-state index contributed by atoms with van der Waals surface area (Å²) in [7, 11) is 1.63. The zero-order valence-electron chi connectivity index (χ0n) is 8.77. The quantitative estimate of drug-likeness (QED) is 0.327. The van der Waals surface area contributed by atoms with Crippen LogP contribution in [0.25, 0.3) is 0 Å². The molecule has 3 nitrogen and oxygen atoms in total. The van der Waals surface area contributed by atoms with Crippen molar-refractivity contribution in [2.75, 3.05) is 13.7 Å². The molecule has 6 heteroatoms. The first-order valence-electron chi connectivity index (χ1n) is 4.25. The summed E-state index contributed by atoms with van der Waals surface area (Å²) in [4.78, 5) is 4.04. The lowest BCUT2D eigenvalue weighted by atomic mass is 10.6. The van der Waals surface area contributed by atoms with Crippen molar-refractivity contribution in [3.63, 3.8) is 0 Å². The molecule has 0 aliphatic rings. The minimum atomic E-state index is -1.98. The van der Waals surface area contributed by atoms with Gasteiger partial charge in [0.1, 0.15) is 0 Å². The van der Waals surface area contributed by atoms with Gasteiger partial charge >= 0.3 is 0 Å². The molecular weight excluding hydrogens is 235 g/mol. The van der Waals surface area contributed by atoms with E-state index in [1.807, 2.05) is 0 Å². The number of hydrogen-bond acceptors (Lipinski definition) is 4. The van der Waals surface area contributed by atoms with Crippen molar-refractivity contribution >= 4 is 35.1 Å². The van der Waals surface area contributed by atoms with Crippen LogP contribution in [-0.4, -0.2) is 25.2 Å². The van der Waals surface area contributed by atoms with E-state index in [1.54, 1.807) is 30.9 Å². The highest BCUT2D eigenvalue weighted by Crippen LogP contribution is 2.56. The van der Waals surface area contributed by atoms with E-state index in [0.717, 1.165) is 0 Å². The Morgan fingerprint density at radius 1 is 1.71 bits per heavy atom. The Hall–Kier alpha value is 0.170. The van der Waals surface area contributed by atoms with Crippen LogP contribution in [0.5, 0.6) is 0 Å². The monoisotopic (exact) mass is 252 g/mol. The molecule has 0 aromatic rings. The van der Waals surface area contributed by atoms with Crippen molar-refractivity contribution in [3.8, 4) is 0 Å². The fourth-order valence-electron chi connectivity index (χ4n) is 0.642. The molecule has 1 N–H and O–H groups in total. The van der Waals surface area contributed by atoms with E-state index in [-0.39, 0.29) is 0 Å². The predicted octanol–water partition coefficient (Wildman–Crippen LogP) is 2.80. The molecule has 0 amide bonds. The number of nitrogens with one attached hydrogen (secondary N) is 1. The van der Waals surface area contributed by atoms with E-state index in [2.05, 4.69) is 30.5 Å². The largest absolute Gasteiger partial charge is 0.330 e. The molecular formula is C8H17N2OPS2. The summed E-state index contributed by atoms with van der Waals surface area (Å²) in [6, 6.07) is 0. The summed E-state index contributed by atoms with van der Waals surface area (Å²) in [5.41, 5.74) is -1.98. The van der Waals surface area contributed by atoms with Gasteiger partial charge in [0.2, 0.25) is 5.62 Å². The standard InChI is InChI=1S/C8H17N2OPS2/c1-5-6-9-7-10-12(13,11-4)14-8(2)3/h5,7-8H,1,6H2,2-4H3,(H,9,10,13). The second-order valence-corrected chi connectivity index (χ2v) is 9.93. The van der Waals surface area contributed by atoms with Gasteiger partial charge in [-0.15, -0.1) is 6.58 Å². The van der Waals surface area contributed by atoms with Gasteiger partial charge in [0, 0.05) is 12.4 Å². The third-order valence-corrected chi connectivity index (χ3v) is 7.14. The van der Waals surface area contributed by atoms with E-state index in [0.29, 0.717) is 11.8 Å². The number of hydrogen-bond donors (Lipinski definition) is 1. The fraction of sp³-hybridized carbons (Fsp3) is 0.625. The first-order valence-corrected chi connectivity index (χ1v) is 8.45. The summed E-state index contributed by atoms with van der Waals surface area (Å²) >= 11 is 6.99. The highest BCUT2D eigenvalue weighted by Gasteiger charge is 2.16. The van der Waals surface area contributed by atoms with Crippen molar-refractivity contribution in [1.82, 2.24) is 5.09 Å². The molecule has 0 aliphatic carbocycles. The molecule has 1 unspecified atom stereocenters. The van der Waals surface area contributed by atoms with Crippen molar-refractivity contribution in [2.45, 2.75) is 19.1 Å². The molecule has 0 rings (SSSR count). The summed E-state index contributed by atoms with van der Waals surface area (Å²) in [6.07, 6.45) is 3.34. The molecule has 0 aliphatic heterocycles. The molecule has 0 fully saturated rings. The van der Waals surface area contributed by atoms with E-state index < -0.39 is 5.62 Å². The van der Waals surface area contributed by atoms with Crippen LogP contribution in [0, 0.1) is 0 Å². The van der Waals surface area contributed by atoms with Crippen LogP contribution < -0.4 is 5.09 Å². The molecule has 0 heterocycles. The zero-order valence-corrected chi connectivity index (χ0v) is 11.3. The van der Waals surface area contributed by atoms with E-state index >= 15 is 0 Å². The van der Waals surface area contributed by atoms with Crippen molar-refractivity contribution in [3.05, 3.63) is 12.7 Å². The Balaban J connectivity index is 4.12. The predicted molar refractivity (Wildman–Crippen MR) is 70.7 cm³/mol. The van der Waals surface area contributed by atoms with Crippen LogP contribution in [0.3, 0.4) is 0 Å². The van der Waals surface area contributed by atoms with Gasteiger partial charge in [-0.25, -0.2) is 0 Å². The Labute approximate surface area is 95.3 Å². The molecule has 82 valence electrons. The van der Waals surface area contributed by atoms with Crippen LogP contribution in [0.4, 0.5) is 0 Å². The highest BCUT2D eigenvalue weighted by atomic mass is 32.9. The zero-order chi connectivity index (χ0) is 11.0. The maximum Gasteiger partial charge on any atom is 0.211 e. The maximum atomic E-state index is 5.35. The summed E-state index contributed by atoms with van der Waals surface area (Å²) in [6.45, 7) is 8.35.